The van der Waals surface area contributed by atoms with Gasteiger partial charge in [-0.25, -0.2) is 13.1 Å². The zero-order valence-corrected chi connectivity index (χ0v) is 14.4. The van der Waals surface area contributed by atoms with Crippen LogP contribution in [0.1, 0.15) is 12.8 Å². The molecule has 2 aliphatic rings. The number of sulfonamides is 1. The van der Waals surface area contributed by atoms with E-state index in [4.69, 9.17) is 4.74 Å². The number of nitrogens with zero attached hydrogens (tertiary/aromatic N) is 2. The largest absolute Gasteiger partial charge is 0.497 e. The number of hydrogen-bond acceptors (Lipinski definition) is 5. The van der Waals surface area contributed by atoms with Gasteiger partial charge in [0.05, 0.1) is 12.4 Å². The van der Waals surface area contributed by atoms with E-state index >= 15 is 0 Å². The van der Waals surface area contributed by atoms with Crippen molar-refractivity contribution in [2.24, 2.45) is 0 Å². The van der Waals surface area contributed by atoms with Gasteiger partial charge in [-0.05, 0) is 37.1 Å². The first-order valence-electron chi connectivity index (χ1n) is 8.18. The smallest absolute Gasteiger partial charge is 0.214 e. The van der Waals surface area contributed by atoms with Gasteiger partial charge in [-0.15, -0.1) is 0 Å². The molecule has 0 spiro atoms. The third kappa shape index (κ3) is 4.37. The van der Waals surface area contributed by atoms with Crippen LogP contribution in [0.3, 0.4) is 0 Å². The lowest BCUT2D eigenvalue weighted by molar-refractivity contribution is 0.262. The first-order chi connectivity index (χ1) is 11.1. The van der Waals surface area contributed by atoms with Crippen molar-refractivity contribution in [3.05, 3.63) is 24.3 Å². The van der Waals surface area contributed by atoms with Crippen molar-refractivity contribution in [2.45, 2.75) is 18.1 Å². The molecule has 1 aliphatic heterocycles. The molecule has 128 valence electrons. The highest BCUT2D eigenvalue weighted by atomic mass is 32.2. The van der Waals surface area contributed by atoms with Crippen LogP contribution in [0.15, 0.2) is 24.3 Å². The summed E-state index contributed by atoms with van der Waals surface area (Å²) in [6, 6.07) is 8.12. The van der Waals surface area contributed by atoms with E-state index in [1.165, 1.54) is 5.69 Å². The lowest BCUT2D eigenvalue weighted by Crippen LogP contribution is -2.48. The minimum absolute atomic E-state index is 0.130. The van der Waals surface area contributed by atoms with E-state index in [2.05, 4.69) is 26.7 Å². The average Bonchev–Trinajstić information content (AvgIpc) is 3.41. The van der Waals surface area contributed by atoms with E-state index in [0.717, 1.165) is 51.3 Å². The number of nitrogens with one attached hydrogen (secondary N) is 1. The molecular formula is C16H25N3O3S. The monoisotopic (exact) mass is 339 g/mol. The molecule has 1 aromatic carbocycles. The van der Waals surface area contributed by atoms with Gasteiger partial charge in [-0.3, -0.25) is 4.90 Å². The van der Waals surface area contributed by atoms with Crippen LogP contribution in [0.25, 0.3) is 0 Å². The van der Waals surface area contributed by atoms with Crippen molar-refractivity contribution in [2.75, 3.05) is 51.3 Å². The Bertz CT molecular complexity index is 606. The van der Waals surface area contributed by atoms with Crippen LogP contribution in [0.2, 0.25) is 0 Å². The zero-order chi connectivity index (χ0) is 16.3. The topological polar surface area (TPSA) is 61.9 Å². The van der Waals surface area contributed by atoms with E-state index in [0.29, 0.717) is 6.54 Å². The normalized spacial score (nSPS) is 19.8. The fourth-order valence-electron chi connectivity index (χ4n) is 2.86. The highest BCUT2D eigenvalue weighted by molar-refractivity contribution is 7.90. The summed E-state index contributed by atoms with van der Waals surface area (Å²) in [4.78, 5) is 4.67. The molecule has 3 rings (SSSR count). The molecule has 23 heavy (non-hydrogen) atoms. The van der Waals surface area contributed by atoms with Gasteiger partial charge in [0.1, 0.15) is 5.75 Å². The zero-order valence-electron chi connectivity index (χ0n) is 13.6. The average molecular weight is 339 g/mol. The molecule has 0 amide bonds. The van der Waals surface area contributed by atoms with Gasteiger partial charge in [-0.1, -0.05) is 0 Å². The Balaban J connectivity index is 1.41. The van der Waals surface area contributed by atoms with Crippen molar-refractivity contribution in [3.8, 4) is 5.75 Å². The van der Waals surface area contributed by atoms with Crippen molar-refractivity contribution in [3.63, 3.8) is 0 Å². The molecule has 0 aromatic heterocycles. The standard InChI is InChI=1S/C16H25N3O3S/c1-22-15-4-2-14(3-5-15)19-12-10-18(11-13-19)9-8-17-23(20,21)16-6-7-16/h2-5,16-17H,6-13H2,1H3. The summed E-state index contributed by atoms with van der Waals surface area (Å²) in [6.45, 7) is 5.13. The van der Waals surface area contributed by atoms with Crippen LogP contribution in [0.5, 0.6) is 5.75 Å². The summed E-state index contributed by atoms with van der Waals surface area (Å²) in [6.07, 6.45) is 1.63. The van der Waals surface area contributed by atoms with E-state index in [1.54, 1.807) is 7.11 Å². The summed E-state index contributed by atoms with van der Waals surface area (Å²) < 4.78 is 31.5. The van der Waals surface area contributed by atoms with Gasteiger partial charge in [0.25, 0.3) is 0 Å². The number of hydrogen-bond donors (Lipinski definition) is 1. The van der Waals surface area contributed by atoms with Crippen molar-refractivity contribution >= 4 is 15.7 Å². The fourth-order valence-corrected chi connectivity index (χ4v) is 4.23. The lowest BCUT2D eigenvalue weighted by atomic mass is 10.2. The van der Waals surface area contributed by atoms with Crippen molar-refractivity contribution < 1.29 is 13.2 Å². The lowest BCUT2D eigenvalue weighted by Gasteiger charge is -2.36. The third-order valence-electron chi connectivity index (χ3n) is 4.50. The highest BCUT2D eigenvalue weighted by Gasteiger charge is 2.35. The molecule has 6 nitrogen and oxygen atoms in total. The van der Waals surface area contributed by atoms with Crippen LogP contribution in [-0.4, -0.2) is 64.9 Å². The van der Waals surface area contributed by atoms with E-state index in [1.807, 2.05) is 12.1 Å². The van der Waals surface area contributed by atoms with Crippen molar-refractivity contribution in [1.82, 2.24) is 9.62 Å². The SMILES string of the molecule is COc1ccc(N2CCN(CCNS(=O)(=O)C3CC3)CC2)cc1. The van der Waals surface area contributed by atoms with Gasteiger partial charge in [0.15, 0.2) is 0 Å². The molecule has 0 unspecified atom stereocenters. The van der Waals surface area contributed by atoms with E-state index in [-0.39, 0.29) is 5.25 Å². The van der Waals surface area contributed by atoms with E-state index in [9.17, 15) is 8.42 Å². The van der Waals surface area contributed by atoms with Gasteiger partial charge < -0.3 is 9.64 Å². The number of methoxy groups -OCH3 is 1. The quantitative estimate of drug-likeness (QED) is 0.800. The number of piperazine rings is 1. The molecule has 0 bridgehead atoms. The molecule has 1 aliphatic carbocycles. The molecule has 0 atom stereocenters. The van der Waals surface area contributed by atoms with Crippen LogP contribution in [0, 0.1) is 0 Å². The third-order valence-corrected chi connectivity index (χ3v) is 6.46. The Morgan fingerprint density at radius 1 is 1.13 bits per heavy atom. The maximum absolute atomic E-state index is 11.8. The second-order valence-corrected chi connectivity index (χ2v) is 8.21. The maximum atomic E-state index is 11.8. The molecule has 1 saturated heterocycles. The Morgan fingerprint density at radius 3 is 2.35 bits per heavy atom. The first kappa shape index (κ1) is 16.5. The number of benzene rings is 1. The Morgan fingerprint density at radius 2 is 1.78 bits per heavy atom. The molecular weight excluding hydrogens is 314 g/mol. The summed E-state index contributed by atoms with van der Waals surface area (Å²) >= 11 is 0. The molecule has 1 saturated carbocycles. The van der Waals surface area contributed by atoms with Gasteiger partial charge in [-0.2, -0.15) is 0 Å². The van der Waals surface area contributed by atoms with E-state index < -0.39 is 10.0 Å². The molecule has 7 heteroatoms. The summed E-state index contributed by atoms with van der Waals surface area (Å²) in [5.41, 5.74) is 1.21. The number of anilines is 1. The summed E-state index contributed by atoms with van der Waals surface area (Å²) in [5, 5.41) is -0.130. The number of ether oxygens (including phenoxy) is 1. The Hall–Kier alpha value is -1.31. The van der Waals surface area contributed by atoms with Crippen LogP contribution >= 0.6 is 0 Å². The van der Waals surface area contributed by atoms with Gasteiger partial charge in [0.2, 0.25) is 10.0 Å². The second-order valence-electron chi connectivity index (χ2n) is 6.17. The van der Waals surface area contributed by atoms with Gasteiger partial charge in [0, 0.05) is 45.0 Å². The fraction of sp³-hybridized carbons (Fsp3) is 0.625. The molecule has 1 heterocycles. The van der Waals surface area contributed by atoms with Crippen LogP contribution < -0.4 is 14.4 Å². The van der Waals surface area contributed by atoms with Gasteiger partial charge >= 0.3 is 0 Å². The first-order valence-corrected chi connectivity index (χ1v) is 9.73. The maximum Gasteiger partial charge on any atom is 0.214 e. The minimum atomic E-state index is -3.05. The summed E-state index contributed by atoms with van der Waals surface area (Å²) in [7, 11) is -1.38. The molecule has 2 fully saturated rings. The Kier molecular flexibility index (Phi) is 5.08. The van der Waals surface area contributed by atoms with Crippen molar-refractivity contribution in [1.29, 1.82) is 0 Å². The second kappa shape index (κ2) is 7.07. The summed E-state index contributed by atoms with van der Waals surface area (Å²) in [5.74, 6) is 0.871. The Labute approximate surface area is 138 Å². The minimum Gasteiger partial charge on any atom is -0.497 e. The highest BCUT2D eigenvalue weighted by Crippen LogP contribution is 2.27. The van der Waals surface area contributed by atoms with Crippen LogP contribution in [0.4, 0.5) is 5.69 Å². The molecule has 1 aromatic rings. The predicted octanol–water partition coefficient (Wildman–Crippen LogP) is 0.899. The predicted molar refractivity (Wildman–Crippen MR) is 91.6 cm³/mol. The molecule has 1 N–H and O–H groups in total. The molecule has 0 radical (unpaired) electrons. The number of rotatable bonds is 7. The van der Waals surface area contributed by atoms with Crippen LogP contribution in [-0.2, 0) is 10.0 Å².